The number of amides is 1. The highest BCUT2D eigenvalue weighted by molar-refractivity contribution is 5.76. The molecule has 0 aromatic heterocycles. The van der Waals surface area contributed by atoms with Crippen molar-refractivity contribution in [1.82, 2.24) is 5.32 Å². The van der Waals surface area contributed by atoms with Crippen molar-refractivity contribution < 1.29 is 14.6 Å². The largest absolute Gasteiger partial charge is 0.493 e. The molecule has 0 radical (unpaired) electrons. The van der Waals surface area contributed by atoms with Crippen molar-refractivity contribution in [3.63, 3.8) is 0 Å². The van der Waals surface area contributed by atoms with Gasteiger partial charge in [0, 0.05) is 6.42 Å². The minimum absolute atomic E-state index is 0.0120. The van der Waals surface area contributed by atoms with Gasteiger partial charge in [0.05, 0.1) is 19.3 Å². The number of carbonyl (C=O) groups excluding carboxylic acids is 1. The van der Waals surface area contributed by atoms with E-state index in [1.54, 1.807) is 0 Å². The summed E-state index contributed by atoms with van der Waals surface area (Å²) < 4.78 is 5.62. The van der Waals surface area contributed by atoms with E-state index in [-0.39, 0.29) is 18.6 Å². The number of para-hydroxylation sites is 1. The van der Waals surface area contributed by atoms with Gasteiger partial charge in [-0.25, -0.2) is 0 Å². The standard InChI is InChI=1S/C15H23NO3/c1-3-13(11-17)16-15(18)9-6-10-19-14-8-5-4-7-12(14)2/h4-5,7-8,13,17H,3,6,9-11H2,1-2H3,(H,16,18). The molecule has 1 rings (SSSR count). The third-order valence-corrected chi connectivity index (χ3v) is 2.98. The number of carbonyl (C=O) groups is 1. The number of aryl methyl sites for hydroxylation is 1. The Labute approximate surface area is 114 Å². The number of aliphatic hydroxyl groups excluding tert-OH is 1. The van der Waals surface area contributed by atoms with Gasteiger partial charge in [-0.15, -0.1) is 0 Å². The number of hydrogen-bond donors (Lipinski definition) is 2. The Hall–Kier alpha value is -1.55. The molecule has 1 unspecified atom stereocenters. The summed E-state index contributed by atoms with van der Waals surface area (Å²) >= 11 is 0. The Kier molecular flexibility index (Phi) is 6.97. The number of hydrogen-bond acceptors (Lipinski definition) is 3. The Morgan fingerprint density at radius 3 is 2.79 bits per heavy atom. The lowest BCUT2D eigenvalue weighted by Gasteiger charge is -2.14. The summed E-state index contributed by atoms with van der Waals surface area (Å²) in [6.07, 6.45) is 1.83. The molecule has 0 saturated carbocycles. The second kappa shape index (κ2) is 8.53. The fourth-order valence-corrected chi connectivity index (χ4v) is 1.71. The lowest BCUT2D eigenvalue weighted by Crippen LogP contribution is -2.36. The molecule has 0 saturated heterocycles. The van der Waals surface area contributed by atoms with Crippen LogP contribution in [0.1, 0.15) is 31.7 Å². The van der Waals surface area contributed by atoms with Crippen molar-refractivity contribution in [3.8, 4) is 5.75 Å². The van der Waals surface area contributed by atoms with E-state index in [0.717, 1.165) is 17.7 Å². The SMILES string of the molecule is CCC(CO)NC(=O)CCCOc1ccccc1C. The van der Waals surface area contributed by atoms with Crippen LogP contribution in [0.3, 0.4) is 0 Å². The van der Waals surface area contributed by atoms with Crippen LogP contribution < -0.4 is 10.1 Å². The van der Waals surface area contributed by atoms with Crippen LogP contribution in [0.4, 0.5) is 0 Å². The molecule has 0 fully saturated rings. The molecule has 4 heteroatoms. The minimum atomic E-state index is -0.134. The summed E-state index contributed by atoms with van der Waals surface area (Å²) in [4.78, 5) is 11.6. The van der Waals surface area contributed by atoms with Gasteiger partial charge in [0.2, 0.25) is 5.91 Å². The number of aliphatic hydroxyl groups is 1. The number of benzene rings is 1. The molecule has 4 nitrogen and oxygen atoms in total. The quantitative estimate of drug-likeness (QED) is 0.707. The van der Waals surface area contributed by atoms with E-state index in [0.29, 0.717) is 19.4 Å². The molecule has 0 aliphatic heterocycles. The molecule has 0 spiro atoms. The maximum absolute atomic E-state index is 11.6. The van der Waals surface area contributed by atoms with Crippen LogP contribution in [0.2, 0.25) is 0 Å². The number of nitrogens with one attached hydrogen (secondary N) is 1. The average molecular weight is 265 g/mol. The highest BCUT2D eigenvalue weighted by atomic mass is 16.5. The molecule has 106 valence electrons. The van der Waals surface area contributed by atoms with Crippen molar-refractivity contribution in [2.45, 2.75) is 39.2 Å². The first-order valence-corrected chi connectivity index (χ1v) is 6.76. The summed E-state index contributed by atoms with van der Waals surface area (Å²) in [5.41, 5.74) is 1.10. The smallest absolute Gasteiger partial charge is 0.220 e. The summed E-state index contributed by atoms with van der Waals surface area (Å²) in [7, 11) is 0. The summed E-state index contributed by atoms with van der Waals surface area (Å²) in [5.74, 6) is 0.832. The second-order valence-electron chi connectivity index (χ2n) is 4.57. The second-order valence-corrected chi connectivity index (χ2v) is 4.57. The molecule has 2 N–H and O–H groups in total. The molecular formula is C15H23NO3. The molecule has 19 heavy (non-hydrogen) atoms. The van der Waals surface area contributed by atoms with Gasteiger partial charge in [0.15, 0.2) is 0 Å². The molecule has 1 aromatic rings. The normalized spacial score (nSPS) is 11.9. The minimum Gasteiger partial charge on any atom is -0.493 e. The van der Waals surface area contributed by atoms with E-state index in [9.17, 15) is 4.79 Å². The summed E-state index contributed by atoms with van der Waals surface area (Å²) in [6, 6.07) is 7.69. The van der Waals surface area contributed by atoms with Crippen LogP contribution in [0.15, 0.2) is 24.3 Å². The van der Waals surface area contributed by atoms with Gasteiger partial charge in [-0.05, 0) is 31.4 Å². The molecule has 0 aliphatic rings. The van der Waals surface area contributed by atoms with Gasteiger partial charge >= 0.3 is 0 Å². The van der Waals surface area contributed by atoms with Gasteiger partial charge in [-0.2, -0.15) is 0 Å². The van der Waals surface area contributed by atoms with E-state index in [1.165, 1.54) is 0 Å². The molecule has 0 aliphatic carbocycles. The third kappa shape index (κ3) is 5.75. The zero-order valence-electron chi connectivity index (χ0n) is 11.7. The Balaban J connectivity index is 2.20. The van der Waals surface area contributed by atoms with Crippen LogP contribution in [0.5, 0.6) is 5.75 Å². The molecule has 1 amide bonds. The van der Waals surface area contributed by atoms with E-state index in [2.05, 4.69) is 5.32 Å². The lowest BCUT2D eigenvalue weighted by atomic mass is 10.2. The lowest BCUT2D eigenvalue weighted by molar-refractivity contribution is -0.122. The average Bonchev–Trinajstić information content (AvgIpc) is 2.42. The first-order valence-electron chi connectivity index (χ1n) is 6.76. The van der Waals surface area contributed by atoms with Crippen molar-refractivity contribution >= 4 is 5.91 Å². The Morgan fingerprint density at radius 2 is 2.16 bits per heavy atom. The molecule has 1 atom stereocenters. The maximum atomic E-state index is 11.6. The van der Waals surface area contributed by atoms with Crippen molar-refractivity contribution in [2.24, 2.45) is 0 Å². The van der Waals surface area contributed by atoms with Crippen molar-refractivity contribution in [3.05, 3.63) is 29.8 Å². The fourth-order valence-electron chi connectivity index (χ4n) is 1.71. The van der Waals surface area contributed by atoms with Gasteiger partial charge in [-0.1, -0.05) is 25.1 Å². The van der Waals surface area contributed by atoms with E-state index in [1.807, 2.05) is 38.1 Å². The first-order chi connectivity index (χ1) is 9.17. The summed E-state index contributed by atoms with van der Waals surface area (Å²) in [6.45, 7) is 4.44. The predicted octanol–water partition coefficient (Wildman–Crippen LogP) is 2.04. The molecule has 0 heterocycles. The van der Waals surface area contributed by atoms with Crippen molar-refractivity contribution in [2.75, 3.05) is 13.2 Å². The number of rotatable bonds is 8. The van der Waals surface area contributed by atoms with E-state index < -0.39 is 0 Å². The Morgan fingerprint density at radius 1 is 1.42 bits per heavy atom. The molecule has 0 bridgehead atoms. The van der Waals surface area contributed by atoms with Crippen LogP contribution in [-0.4, -0.2) is 30.3 Å². The maximum Gasteiger partial charge on any atom is 0.220 e. The highest BCUT2D eigenvalue weighted by Gasteiger charge is 2.08. The van der Waals surface area contributed by atoms with Crippen LogP contribution in [0.25, 0.3) is 0 Å². The topological polar surface area (TPSA) is 58.6 Å². The third-order valence-electron chi connectivity index (χ3n) is 2.98. The zero-order valence-corrected chi connectivity index (χ0v) is 11.7. The van der Waals surface area contributed by atoms with Crippen molar-refractivity contribution in [1.29, 1.82) is 0 Å². The molecular weight excluding hydrogens is 242 g/mol. The Bertz CT molecular complexity index is 389. The number of ether oxygens (including phenoxy) is 1. The van der Waals surface area contributed by atoms with Crippen LogP contribution >= 0.6 is 0 Å². The monoisotopic (exact) mass is 265 g/mol. The van der Waals surface area contributed by atoms with Gasteiger partial charge in [0.1, 0.15) is 5.75 Å². The zero-order chi connectivity index (χ0) is 14.1. The fraction of sp³-hybridized carbons (Fsp3) is 0.533. The van der Waals surface area contributed by atoms with Gasteiger partial charge in [0.25, 0.3) is 0 Å². The molecule has 1 aromatic carbocycles. The predicted molar refractivity (Wildman–Crippen MR) is 75.2 cm³/mol. The van der Waals surface area contributed by atoms with Crippen LogP contribution in [-0.2, 0) is 4.79 Å². The van der Waals surface area contributed by atoms with Gasteiger partial charge in [-0.3, -0.25) is 4.79 Å². The van der Waals surface area contributed by atoms with Gasteiger partial charge < -0.3 is 15.2 Å². The first kappa shape index (κ1) is 15.5. The highest BCUT2D eigenvalue weighted by Crippen LogP contribution is 2.16. The van der Waals surface area contributed by atoms with E-state index >= 15 is 0 Å². The van der Waals surface area contributed by atoms with Crippen LogP contribution in [0, 0.1) is 6.92 Å². The van der Waals surface area contributed by atoms with E-state index in [4.69, 9.17) is 9.84 Å². The summed E-state index contributed by atoms with van der Waals surface area (Å²) in [5, 5.41) is 11.8.